The van der Waals surface area contributed by atoms with Gasteiger partial charge in [-0.1, -0.05) is 6.92 Å². The zero-order valence-electron chi connectivity index (χ0n) is 11.9. The molecule has 0 N–H and O–H groups in total. The van der Waals surface area contributed by atoms with Crippen molar-refractivity contribution in [2.24, 2.45) is 0 Å². The molecule has 1 amide bonds. The second-order valence-corrected chi connectivity index (χ2v) is 6.64. The van der Waals surface area contributed by atoms with Gasteiger partial charge < -0.3 is 4.90 Å². The first-order chi connectivity index (χ1) is 8.69. The van der Waals surface area contributed by atoms with E-state index >= 15 is 0 Å². The Kier molecular flexibility index (Phi) is 4.96. The number of rotatable bonds is 4. The van der Waals surface area contributed by atoms with Crippen molar-refractivity contribution in [3.8, 4) is 0 Å². The Labute approximate surface area is 115 Å². The van der Waals surface area contributed by atoms with Crippen molar-refractivity contribution in [1.82, 2.24) is 9.80 Å². The number of hydrogen-bond acceptors (Lipinski definition) is 3. The van der Waals surface area contributed by atoms with E-state index in [0.717, 1.165) is 13.1 Å². The highest BCUT2D eigenvalue weighted by molar-refractivity contribution is 7.99. The number of likely N-dealkylation sites (N-methyl/N-ethyl adjacent to an activating group) is 1. The molecule has 2 rings (SSSR count). The van der Waals surface area contributed by atoms with E-state index in [1.807, 2.05) is 13.2 Å². The Morgan fingerprint density at radius 3 is 2.61 bits per heavy atom. The summed E-state index contributed by atoms with van der Waals surface area (Å²) in [5.41, 5.74) is 0. The van der Waals surface area contributed by atoms with Crippen LogP contribution in [0.5, 0.6) is 0 Å². The maximum atomic E-state index is 12.4. The lowest BCUT2D eigenvalue weighted by Crippen LogP contribution is -2.50. The molecule has 18 heavy (non-hydrogen) atoms. The second-order valence-electron chi connectivity index (χ2n) is 5.46. The summed E-state index contributed by atoms with van der Waals surface area (Å²) in [5.74, 6) is 0.355. The summed E-state index contributed by atoms with van der Waals surface area (Å²) in [5, 5.41) is 0.113. The van der Waals surface area contributed by atoms with Crippen LogP contribution in [0, 0.1) is 0 Å². The van der Waals surface area contributed by atoms with Gasteiger partial charge in [0.15, 0.2) is 0 Å². The zero-order valence-corrected chi connectivity index (χ0v) is 12.7. The first-order valence-corrected chi connectivity index (χ1v) is 8.55. The summed E-state index contributed by atoms with van der Waals surface area (Å²) < 4.78 is 0. The van der Waals surface area contributed by atoms with Gasteiger partial charge in [0.25, 0.3) is 0 Å². The topological polar surface area (TPSA) is 23.6 Å². The standard InChI is InChI=1S/C14H26N2OS/c1-4-15-9-5-7-12(15)13-8-6-10-16(13)14(17)11(2)18-3/h11-13H,4-10H2,1-3H3/t11-,12+,13+/m0/s1. The van der Waals surface area contributed by atoms with E-state index < -0.39 is 0 Å². The molecule has 2 aliphatic heterocycles. The van der Waals surface area contributed by atoms with Gasteiger partial charge in [-0.05, 0) is 52.0 Å². The molecule has 2 heterocycles. The fourth-order valence-electron chi connectivity index (χ4n) is 3.48. The summed E-state index contributed by atoms with van der Waals surface area (Å²) >= 11 is 1.67. The molecule has 0 spiro atoms. The molecular formula is C14H26N2OS. The van der Waals surface area contributed by atoms with E-state index in [4.69, 9.17) is 0 Å². The molecule has 3 atom stereocenters. The molecule has 3 nitrogen and oxygen atoms in total. The largest absolute Gasteiger partial charge is 0.337 e. The molecule has 0 aromatic carbocycles. The van der Waals surface area contributed by atoms with Gasteiger partial charge >= 0.3 is 0 Å². The van der Waals surface area contributed by atoms with Crippen molar-refractivity contribution in [2.45, 2.75) is 56.9 Å². The Hall–Kier alpha value is -0.220. The van der Waals surface area contributed by atoms with E-state index in [9.17, 15) is 4.79 Å². The minimum Gasteiger partial charge on any atom is -0.337 e. The molecule has 2 fully saturated rings. The Morgan fingerprint density at radius 1 is 1.28 bits per heavy atom. The van der Waals surface area contributed by atoms with Crippen LogP contribution in [-0.4, -0.2) is 58.9 Å². The predicted molar refractivity (Wildman–Crippen MR) is 78.0 cm³/mol. The predicted octanol–water partition coefficient (Wildman–Crippen LogP) is 2.21. The van der Waals surface area contributed by atoms with Crippen molar-refractivity contribution < 1.29 is 4.79 Å². The van der Waals surface area contributed by atoms with Crippen LogP contribution < -0.4 is 0 Å². The van der Waals surface area contributed by atoms with Gasteiger partial charge in [0.05, 0.1) is 5.25 Å². The number of likely N-dealkylation sites (tertiary alicyclic amines) is 2. The molecule has 0 aromatic heterocycles. The van der Waals surface area contributed by atoms with Crippen LogP contribution >= 0.6 is 11.8 Å². The van der Waals surface area contributed by atoms with Gasteiger partial charge in [0, 0.05) is 18.6 Å². The third-order valence-electron chi connectivity index (χ3n) is 4.55. The van der Waals surface area contributed by atoms with Crippen LogP contribution in [0.1, 0.15) is 39.5 Å². The molecule has 0 bridgehead atoms. The molecule has 0 saturated carbocycles. The van der Waals surface area contributed by atoms with Gasteiger partial charge in [-0.25, -0.2) is 0 Å². The van der Waals surface area contributed by atoms with Crippen LogP contribution in [-0.2, 0) is 4.79 Å². The first kappa shape index (κ1) is 14.2. The molecule has 4 heteroatoms. The fraction of sp³-hybridized carbons (Fsp3) is 0.929. The average Bonchev–Trinajstić information content (AvgIpc) is 3.03. The lowest BCUT2D eigenvalue weighted by molar-refractivity contribution is -0.132. The Morgan fingerprint density at radius 2 is 1.94 bits per heavy atom. The number of carbonyl (C=O) groups excluding carboxylic acids is 1. The lowest BCUT2D eigenvalue weighted by atomic mass is 10.0. The summed E-state index contributed by atoms with van der Waals surface area (Å²) in [6.45, 7) is 7.60. The summed E-state index contributed by atoms with van der Waals surface area (Å²) in [7, 11) is 0. The van der Waals surface area contributed by atoms with Crippen LogP contribution in [0.3, 0.4) is 0 Å². The van der Waals surface area contributed by atoms with Crippen molar-refractivity contribution in [2.75, 3.05) is 25.9 Å². The number of hydrogen-bond donors (Lipinski definition) is 0. The van der Waals surface area contributed by atoms with E-state index in [-0.39, 0.29) is 5.25 Å². The molecule has 0 radical (unpaired) electrons. The SMILES string of the molecule is CCN1CCC[C@@H]1[C@H]1CCCN1C(=O)[C@H](C)SC. The van der Waals surface area contributed by atoms with Crippen LogP contribution in [0.15, 0.2) is 0 Å². The third-order valence-corrected chi connectivity index (χ3v) is 5.46. The van der Waals surface area contributed by atoms with Gasteiger partial charge in [-0.15, -0.1) is 0 Å². The Balaban J connectivity index is 2.05. The van der Waals surface area contributed by atoms with E-state index in [1.54, 1.807) is 11.8 Å². The van der Waals surface area contributed by atoms with Crippen molar-refractivity contribution in [3.05, 3.63) is 0 Å². The minimum absolute atomic E-state index is 0.113. The van der Waals surface area contributed by atoms with Crippen LogP contribution in [0.4, 0.5) is 0 Å². The highest BCUT2D eigenvalue weighted by atomic mass is 32.2. The van der Waals surface area contributed by atoms with Gasteiger partial charge in [-0.3, -0.25) is 9.69 Å². The molecular weight excluding hydrogens is 244 g/mol. The second kappa shape index (κ2) is 6.29. The zero-order chi connectivity index (χ0) is 13.1. The lowest BCUT2D eigenvalue weighted by Gasteiger charge is -2.35. The van der Waals surface area contributed by atoms with Crippen molar-refractivity contribution >= 4 is 17.7 Å². The van der Waals surface area contributed by atoms with Gasteiger partial charge in [0.1, 0.15) is 0 Å². The average molecular weight is 270 g/mol. The smallest absolute Gasteiger partial charge is 0.235 e. The molecule has 0 unspecified atom stereocenters. The summed E-state index contributed by atoms with van der Waals surface area (Å²) in [6.07, 6.45) is 6.99. The maximum Gasteiger partial charge on any atom is 0.235 e. The minimum atomic E-state index is 0.113. The van der Waals surface area contributed by atoms with Crippen molar-refractivity contribution in [1.29, 1.82) is 0 Å². The number of carbonyl (C=O) groups is 1. The molecule has 2 saturated heterocycles. The van der Waals surface area contributed by atoms with Gasteiger partial charge in [-0.2, -0.15) is 11.8 Å². The molecule has 0 aromatic rings. The Bertz CT molecular complexity index is 298. The maximum absolute atomic E-state index is 12.4. The molecule has 0 aliphatic carbocycles. The van der Waals surface area contributed by atoms with E-state index in [0.29, 0.717) is 18.0 Å². The fourth-order valence-corrected chi connectivity index (χ4v) is 3.82. The van der Waals surface area contributed by atoms with E-state index in [2.05, 4.69) is 16.7 Å². The normalized spacial score (nSPS) is 30.9. The highest BCUT2D eigenvalue weighted by Crippen LogP contribution is 2.31. The van der Waals surface area contributed by atoms with Crippen LogP contribution in [0.2, 0.25) is 0 Å². The highest BCUT2D eigenvalue weighted by Gasteiger charge is 2.39. The summed E-state index contributed by atoms with van der Waals surface area (Å²) in [6, 6.07) is 1.10. The first-order valence-electron chi connectivity index (χ1n) is 7.26. The number of nitrogens with zero attached hydrogens (tertiary/aromatic N) is 2. The third kappa shape index (κ3) is 2.69. The van der Waals surface area contributed by atoms with Crippen molar-refractivity contribution in [3.63, 3.8) is 0 Å². The van der Waals surface area contributed by atoms with Gasteiger partial charge in [0.2, 0.25) is 5.91 Å². The summed E-state index contributed by atoms with van der Waals surface area (Å²) in [4.78, 5) is 17.2. The number of amides is 1. The van der Waals surface area contributed by atoms with E-state index in [1.165, 1.54) is 32.2 Å². The monoisotopic (exact) mass is 270 g/mol. The number of thioether (sulfide) groups is 1. The molecule has 2 aliphatic rings. The quantitative estimate of drug-likeness (QED) is 0.782. The van der Waals surface area contributed by atoms with Crippen LogP contribution in [0.25, 0.3) is 0 Å². The molecule has 104 valence electrons.